The molecule has 2 amide bonds. The topological polar surface area (TPSA) is 125 Å². The number of ether oxygens (including phenoxy) is 1. The highest BCUT2D eigenvalue weighted by atomic mass is 16.6. The summed E-state index contributed by atoms with van der Waals surface area (Å²) in [6.07, 6.45) is 3.00. The molecule has 3 atom stereocenters. The van der Waals surface area contributed by atoms with Crippen molar-refractivity contribution in [2.24, 2.45) is 5.92 Å². The Morgan fingerprint density at radius 2 is 1.71 bits per heavy atom. The van der Waals surface area contributed by atoms with Gasteiger partial charge in [0.1, 0.15) is 12.2 Å². The van der Waals surface area contributed by atoms with Crippen LogP contribution in [0.25, 0.3) is 10.8 Å². The van der Waals surface area contributed by atoms with Crippen LogP contribution in [0.2, 0.25) is 0 Å². The van der Waals surface area contributed by atoms with Gasteiger partial charge in [0.15, 0.2) is 0 Å². The van der Waals surface area contributed by atoms with Crippen molar-refractivity contribution in [2.75, 3.05) is 26.2 Å². The third-order valence-corrected chi connectivity index (χ3v) is 9.71. The van der Waals surface area contributed by atoms with E-state index in [-0.39, 0.29) is 37.3 Å². The number of hydrogen-bond acceptors (Lipinski definition) is 7. The van der Waals surface area contributed by atoms with Crippen molar-refractivity contribution in [1.82, 2.24) is 15.1 Å². The van der Waals surface area contributed by atoms with Gasteiger partial charge >= 0.3 is 6.09 Å². The molecule has 0 radical (unpaired) electrons. The molecular weight excluding hydrogens is 608 g/mol. The molecule has 10 heteroatoms. The first-order chi connectivity index (χ1) is 23.3. The van der Waals surface area contributed by atoms with E-state index in [2.05, 4.69) is 11.9 Å². The van der Waals surface area contributed by atoms with Gasteiger partial charge in [-0.3, -0.25) is 19.8 Å². The number of fused-ring (bicyclic) bond motifs is 1. The highest BCUT2D eigenvalue weighted by molar-refractivity contribution is 6.07. The Bertz CT molecular complexity index is 1770. The molecule has 0 saturated carbocycles. The van der Waals surface area contributed by atoms with Gasteiger partial charge in [-0.15, -0.1) is 6.58 Å². The summed E-state index contributed by atoms with van der Waals surface area (Å²) < 4.78 is 5.81. The quantitative estimate of drug-likeness (QED) is 0.122. The Balaban J connectivity index is 1.27. The van der Waals surface area contributed by atoms with Crippen LogP contribution in [0.3, 0.4) is 0 Å². The molecular formula is C38H40N4O6. The molecule has 4 aromatic carbocycles. The highest BCUT2D eigenvalue weighted by Crippen LogP contribution is 2.41. The molecule has 48 heavy (non-hydrogen) atoms. The number of rotatable bonds is 10. The number of likely N-dealkylation sites (tertiary alicyclic amines) is 1. The fraction of sp³-hybridized carbons (Fsp3) is 0.316. The number of hydrogen-bond donors (Lipinski definition) is 2. The van der Waals surface area contributed by atoms with E-state index in [0.29, 0.717) is 23.1 Å². The number of aliphatic hydroxyl groups is 1. The summed E-state index contributed by atoms with van der Waals surface area (Å²) in [7, 11) is 0. The standard InChI is InChI=1S/C38H40N4O6/c1-2-31(41(32-19-21-39-22-20-32)37(44)48-25-27-15-17-33(18-16-27)42(46)47)23-30-24-40(26-38(30,45)29-11-4-3-5-12-29)36(43)35-14-8-10-28-9-6-7-13-34(28)35/h2-18,30-32,39,45H,1,19-26H2. The second kappa shape index (κ2) is 14.4. The third-order valence-electron chi connectivity index (χ3n) is 9.71. The van der Waals surface area contributed by atoms with Gasteiger partial charge in [0.05, 0.1) is 17.5 Å². The summed E-state index contributed by atoms with van der Waals surface area (Å²) in [5.74, 6) is -0.579. The first kappa shape index (κ1) is 32.9. The molecule has 0 spiro atoms. The van der Waals surface area contributed by atoms with E-state index in [1.165, 1.54) is 12.1 Å². The summed E-state index contributed by atoms with van der Waals surface area (Å²) >= 11 is 0. The predicted molar refractivity (Wildman–Crippen MR) is 183 cm³/mol. The van der Waals surface area contributed by atoms with Gasteiger partial charge in [0.25, 0.3) is 11.6 Å². The molecule has 248 valence electrons. The van der Waals surface area contributed by atoms with E-state index in [1.807, 2.05) is 72.8 Å². The molecule has 6 rings (SSSR count). The second-order valence-electron chi connectivity index (χ2n) is 12.6. The van der Waals surface area contributed by atoms with E-state index in [0.717, 1.165) is 36.7 Å². The van der Waals surface area contributed by atoms with Crippen LogP contribution in [-0.4, -0.2) is 70.1 Å². The van der Waals surface area contributed by atoms with Crippen LogP contribution in [0.5, 0.6) is 0 Å². The summed E-state index contributed by atoms with van der Waals surface area (Å²) in [6, 6.07) is 28.1. The first-order valence-electron chi connectivity index (χ1n) is 16.3. The van der Waals surface area contributed by atoms with Crippen LogP contribution in [0.4, 0.5) is 10.5 Å². The molecule has 4 aromatic rings. The minimum atomic E-state index is -1.37. The lowest BCUT2D eigenvalue weighted by molar-refractivity contribution is -0.384. The number of non-ortho nitro benzene ring substituents is 1. The number of piperidine rings is 1. The Kier molecular flexibility index (Phi) is 9.84. The van der Waals surface area contributed by atoms with Crippen LogP contribution in [-0.2, 0) is 16.9 Å². The molecule has 10 nitrogen and oxygen atoms in total. The van der Waals surface area contributed by atoms with Crippen molar-refractivity contribution in [2.45, 2.75) is 43.6 Å². The summed E-state index contributed by atoms with van der Waals surface area (Å²) in [4.78, 5) is 42.1. The van der Waals surface area contributed by atoms with Crippen molar-refractivity contribution >= 4 is 28.5 Å². The van der Waals surface area contributed by atoms with Gasteiger partial charge in [-0.05, 0) is 72.5 Å². The lowest BCUT2D eigenvalue weighted by Gasteiger charge is -2.40. The summed E-state index contributed by atoms with van der Waals surface area (Å²) in [5.41, 5.74) is 0.510. The lowest BCUT2D eigenvalue weighted by Crippen LogP contribution is -2.52. The fourth-order valence-corrected chi connectivity index (χ4v) is 7.15. The van der Waals surface area contributed by atoms with Gasteiger partial charge in [-0.25, -0.2) is 4.79 Å². The smallest absolute Gasteiger partial charge is 0.410 e. The molecule has 0 aromatic heterocycles. The molecule has 2 saturated heterocycles. The molecule has 2 N–H and O–H groups in total. The van der Waals surface area contributed by atoms with Crippen molar-refractivity contribution in [3.05, 3.63) is 137 Å². The zero-order valence-electron chi connectivity index (χ0n) is 26.7. The lowest BCUT2D eigenvalue weighted by atomic mass is 9.80. The summed E-state index contributed by atoms with van der Waals surface area (Å²) in [6.45, 7) is 5.94. The maximum Gasteiger partial charge on any atom is 0.410 e. The van der Waals surface area contributed by atoms with Crippen LogP contribution in [0.1, 0.15) is 40.7 Å². The number of nitro groups is 1. The number of nitrogens with zero attached hydrogens (tertiary/aromatic N) is 3. The van der Waals surface area contributed by atoms with E-state index in [9.17, 15) is 24.8 Å². The molecule has 3 unspecified atom stereocenters. The summed E-state index contributed by atoms with van der Waals surface area (Å²) in [5, 5.41) is 28.7. The van der Waals surface area contributed by atoms with Crippen molar-refractivity contribution in [3.63, 3.8) is 0 Å². The van der Waals surface area contributed by atoms with Gasteiger partial charge in [0, 0.05) is 36.2 Å². The minimum absolute atomic E-state index is 0.0384. The van der Waals surface area contributed by atoms with Crippen molar-refractivity contribution < 1.29 is 24.4 Å². The fourth-order valence-electron chi connectivity index (χ4n) is 7.15. The van der Waals surface area contributed by atoms with Crippen LogP contribution >= 0.6 is 0 Å². The Morgan fingerprint density at radius 3 is 2.42 bits per heavy atom. The van der Waals surface area contributed by atoms with E-state index >= 15 is 0 Å². The van der Waals surface area contributed by atoms with E-state index < -0.39 is 28.6 Å². The maximum absolute atomic E-state index is 14.1. The minimum Gasteiger partial charge on any atom is -0.445 e. The largest absolute Gasteiger partial charge is 0.445 e. The number of β-amino-alcohol motifs (C(OH)–C–C–N with tert-alkyl or cyclic N) is 1. The van der Waals surface area contributed by atoms with Gasteiger partial charge in [-0.1, -0.05) is 72.8 Å². The molecule has 2 heterocycles. The van der Waals surface area contributed by atoms with Crippen LogP contribution in [0, 0.1) is 16.0 Å². The monoisotopic (exact) mass is 648 g/mol. The van der Waals surface area contributed by atoms with Gasteiger partial charge in [-0.2, -0.15) is 0 Å². The highest BCUT2D eigenvalue weighted by Gasteiger charge is 2.49. The first-order valence-corrected chi connectivity index (χ1v) is 16.3. The van der Waals surface area contributed by atoms with Crippen LogP contribution < -0.4 is 5.32 Å². The Hall–Kier alpha value is -5.06. The number of benzene rings is 4. The predicted octanol–water partition coefficient (Wildman–Crippen LogP) is 6.04. The molecule has 0 bridgehead atoms. The number of nitrogens with one attached hydrogen (secondary N) is 1. The average Bonchev–Trinajstić information content (AvgIpc) is 3.47. The normalized spacial score (nSPS) is 20.3. The molecule has 2 fully saturated rings. The molecule has 2 aliphatic rings. The molecule has 0 aliphatic carbocycles. The second-order valence-corrected chi connectivity index (χ2v) is 12.6. The zero-order chi connectivity index (χ0) is 33.7. The zero-order valence-corrected chi connectivity index (χ0v) is 26.7. The van der Waals surface area contributed by atoms with Crippen molar-refractivity contribution in [3.8, 4) is 0 Å². The van der Waals surface area contributed by atoms with E-state index in [1.54, 1.807) is 28.0 Å². The van der Waals surface area contributed by atoms with Crippen molar-refractivity contribution in [1.29, 1.82) is 0 Å². The number of carbonyl (C=O) groups is 2. The van der Waals surface area contributed by atoms with E-state index in [4.69, 9.17) is 4.74 Å². The Morgan fingerprint density at radius 1 is 1.02 bits per heavy atom. The SMILES string of the molecule is C=CC(CC1CN(C(=O)c2cccc3ccccc23)CC1(O)c1ccccc1)N(C(=O)OCc1ccc([N+](=O)[O-])cc1)C1CCNCC1. The average molecular weight is 649 g/mol. The number of nitro benzene ring substituents is 1. The van der Waals surface area contributed by atoms with Crippen LogP contribution in [0.15, 0.2) is 110 Å². The molecule has 2 aliphatic heterocycles. The van der Waals surface area contributed by atoms with Gasteiger partial charge in [0.2, 0.25) is 0 Å². The maximum atomic E-state index is 14.1. The van der Waals surface area contributed by atoms with Gasteiger partial charge < -0.3 is 20.1 Å². The number of carbonyl (C=O) groups excluding carboxylic acids is 2. The third kappa shape index (κ3) is 6.81. The Labute approximate surface area is 279 Å². The number of amides is 2.